The maximum absolute atomic E-state index is 3.63. The quantitative estimate of drug-likeness (QED) is 0.479. The van der Waals surface area contributed by atoms with E-state index >= 15 is 0 Å². The highest BCUT2D eigenvalue weighted by molar-refractivity contribution is 5.43. The van der Waals surface area contributed by atoms with Crippen molar-refractivity contribution in [1.82, 2.24) is 0 Å². The van der Waals surface area contributed by atoms with Crippen LogP contribution in [0, 0.1) is 12.1 Å². The van der Waals surface area contributed by atoms with E-state index in [1.54, 1.807) is 18.2 Å². The Labute approximate surface area is 48.7 Å². The Kier molecular flexibility index (Phi) is 1.42. The lowest BCUT2D eigenvalue weighted by atomic mass is 10.3. The molecule has 0 fully saturated rings. The number of hydrogen-bond acceptors (Lipinski definition) is 1. The fourth-order valence-corrected chi connectivity index (χ4v) is 0.435. The summed E-state index contributed by atoms with van der Waals surface area (Å²) in [7, 11) is 0. The van der Waals surface area contributed by atoms with Gasteiger partial charge >= 0.3 is 0 Å². The molecule has 0 aliphatic carbocycles. The number of aliphatic imine (C=N–C) groups is 1. The summed E-state index contributed by atoms with van der Waals surface area (Å²) in [6.07, 6.45) is 0. The zero-order chi connectivity index (χ0) is 5.82. The Morgan fingerprint density at radius 3 is 2.75 bits per heavy atom. The van der Waals surface area contributed by atoms with E-state index in [0.717, 1.165) is 5.69 Å². The molecular weight excluding hydrogens is 98.1 g/mol. The fraction of sp³-hybridized carbons (Fsp3) is 0. The second-order valence-corrected chi connectivity index (χ2v) is 1.33. The Balaban J connectivity index is 2.99. The molecule has 1 rings (SSSR count). The average molecular weight is 103 g/mol. The largest absolute Gasteiger partial charge is 0.264 e. The monoisotopic (exact) mass is 103 g/mol. The van der Waals surface area contributed by atoms with E-state index in [1.807, 2.05) is 0 Å². The van der Waals surface area contributed by atoms with Crippen LogP contribution in [0.5, 0.6) is 0 Å². The molecule has 1 heteroatoms. The van der Waals surface area contributed by atoms with Gasteiger partial charge in [-0.2, -0.15) is 0 Å². The summed E-state index contributed by atoms with van der Waals surface area (Å²) in [4.78, 5) is 3.63. The minimum atomic E-state index is 0.743. The standard InChI is InChI=1S/C7H5N/c1-8-7-5-3-2-4-6-7/h2-3,6H,1H2. The van der Waals surface area contributed by atoms with Crippen molar-refractivity contribution in [3.63, 3.8) is 0 Å². The summed E-state index contributed by atoms with van der Waals surface area (Å²) >= 11 is 0. The Bertz CT molecular complexity index is 167. The minimum absolute atomic E-state index is 0.743. The highest BCUT2D eigenvalue weighted by atomic mass is 14.7. The van der Waals surface area contributed by atoms with Crippen LogP contribution < -0.4 is 0 Å². The lowest BCUT2D eigenvalue weighted by Gasteiger charge is -1.83. The molecule has 1 aromatic carbocycles. The van der Waals surface area contributed by atoms with E-state index in [-0.39, 0.29) is 0 Å². The van der Waals surface area contributed by atoms with E-state index in [4.69, 9.17) is 0 Å². The van der Waals surface area contributed by atoms with Crippen molar-refractivity contribution in [2.75, 3.05) is 0 Å². The Hall–Kier alpha value is -1.11. The third-order valence-electron chi connectivity index (χ3n) is 0.801. The summed E-state index contributed by atoms with van der Waals surface area (Å²) in [5, 5.41) is 0. The van der Waals surface area contributed by atoms with Crippen LogP contribution in [-0.4, -0.2) is 6.72 Å². The Morgan fingerprint density at radius 2 is 2.38 bits per heavy atom. The van der Waals surface area contributed by atoms with Gasteiger partial charge in [-0.05, 0) is 18.9 Å². The van der Waals surface area contributed by atoms with Gasteiger partial charge in [0, 0.05) is 6.07 Å². The molecule has 0 atom stereocenters. The van der Waals surface area contributed by atoms with Crippen molar-refractivity contribution in [3.8, 4) is 0 Å². The van der Waals surface area contributed by atoms with E-state index in [2.05, 4.69) is 23.8 Å². The van der Waals surface area contributed by atoms with Gasteiger partial charge in [-0.1, -0.05) is 12.1 Å². The third kappa shape index (κ3) is 0.936. The molecule has 1 nitrogen and oxygen atoms in total. The molecule has 0 saturated heterocycles. The predicted octanol–water partition coefficient (Wildman–Crippen LogP) is 1.62. The number of rotatable bonds is 1. The zero-order valence-corrected chi connectivity index (χ0v) is 4.39. The topological polar surface area (TPSA) is 12.4 Å². The molecule has 0 aromatic heterocycles. The molecule has 2 radical (unpaired) electrons. The van der Waals surface area contributed by atoms with Gasteiger partial charge in [-0.25, -0.2) is 0 Å². The van der Waals surface area contributed by atoms with Crippen LogP contribution in [0.3, 0.4) is 0 Å². The molecule has 0 heterocycles. The van der Waals surface area contributed by atoms with Gasteiger partial charge in [-0.15, -0.1) is 0 Å². The van der Waals surface area contributed by atoms with Crippen LogP contribution in [0.4, 0.5) is 5.69 Å². The van der Waals surface area contributed by atoms with Crippen LogP contribution in [0.1, 0.15) is 0 Å². The summed E-state index contributed by atoms with van der Waals surface area (Å²) in [6, 6.07) is 11.0. The number of hydrogen-bond donors (Lipinski definition) is 0. The summed E-state index contributed by atoms with van der Waals surface area (Å²) < 4.78 is 0. The molecule has 0 aliphatic heterocycles. The van der Waals surface area contributed by atoms with Crippen molar-refractivity contribution in [1.29, 1.82) is 0 Å². The first kappa shape index (κ1) is 5.04. The molecule has 0 spiro atoms. The SMILES string of the molecule is C=Nc1[c]cc[c]c1. The molecule has 0 saturated carbocycles. The van der Waals surface area contributed by atoms with Crippen molar-refractivity contribution in [2.24, 2.45) is 4.99 Å². The molecule has 0 amide bonds. The van der Waals surface area contributed by atoms with Gasteiger partial charge in [0.15, 0.2) is 0 Å². The summed E-state index contributed by atoms with van der Waals surface area (Å²) in [5.41, 5.74) is 0.743. The van der Waals surface area contributed by atoms with E-state index < -0.39 is 0 Å². The van der Waals surface area contributed by atoms with Crippen LogP contribution in [0.2, 0.25) is 0 Å². The normalized spacial score (nSPS) is 8.50. The second-order valence-electron chi connectivity index (χ2n) is 1.33. The highest BCUT2D eigenvalue weighted by Gasteiger charge is 1.78. The molecule has 38 valence electrons. The summed E-state index contributed by atoms with van der Waals surface area (Å²) in [5.74, 6) is 0. The second kappa shape index (κ2) is 2.26. The molecule has 0 bridgehead atoms. The molecule has 0 N–H and O–H groups in total. The minimum Gasteiger partial charge on any atom is -0.264 e. The fourth-order valence-electron chi connectivity index (χ4n) is 0.435. The molecule has 0 unspecified atom stereocenters. The maximum atomic E-state index is 3.63. The summed E-state index contributed by atoms with van der Waals surface area (Å²) in [6.45, 7) is 3.33. The van der Waals surface area contributed by atoms with Crippen LogP contribution in [0.15, 0.2) is 23.2 Å². The number of benzene rings is 1. The first-order valence-electron chi connectivity index (χ1n) is 2.28. The zero-order valence-electron chi connectivity index (χ0n) is 4.39. The van der Waals surface area contributed by atoms with Crippen LogP contribution in [-0.2, 0) is 0 Å². The lowest BCUT2D eigenvalue weighted by molar-refractivity contribution is 1.54. The van der Waals surface area contributed by atoms with E-state index in [0.29, 0.717) is 0 Å². The Morgan fingerprint density at radius 1 is 1.50 bits per heavy atom. The van der Waals surface area contributed by atoms with Gasteiger partial charge in [0.25, 0.3) is 0 Å². The number of nitrogens with zero attached hydrogens (tertiary/aromatic N) is 1. The van der Waals surface area contributed by atoms with Gasteiger partial charge in [0.05, 0.1) is 5.69 Å². The van der Waals surface area contributed by atoms with E-state index in [9.17, 15) is 0 Å². The van der Waals surface area contributed by atoms with Crippen molar-refractivity contribution >= 4 is 12.4 Å². The van der Waals surface area contributed by atoms with Crippen LogP contribution >= 0.6 is 0 Å². The molecule has 1 aromatic rings. The van der Waals surface area contributed by atoms with Gasteiger partial charge in [0.2, 0.25) is 0 Å². The molecular formula is C7H5N. The van der Waals surface area contributed by atoms with Crippen molar-refractivity contribution in [3.05, 3.63) is 30.3 Å². The smallest absolute Gasteiger partial charge is 0.0707 e. The highest BCUT2D eigenvalue weighted by Crippen LogP contribution is 2.05. The first-order valence-corrected chi connectivity index (χ1v) is 2.28. The van der Waals surface area contributed by atoms with Crippen molar-refractivity contribution < 1.29 is 0 Å². The maximum Gasteiger partial charge on any atom is 0.0707 e. The lowest BCUT2D eigenvalue weighted by Crippen LogP contribution is -1.59. The average Bonchev–Trinajstić information content (AvgIpc) is 1.90. The van der Waals surface area contributed by atoms with E-state index in [1.165, 1.54) is 0 Å². The van der Waals surface area contributed by atoms with Gasteiger partial charge in [-0.3, -0.25) is 4.99 Å². The molecule has 0 aliphatic rings. The molecule has 8 heavy (non-hydrogen) atoms. The first-order chi connectivity index (χ1) is 3.93. The van der Waals surface area contributed by atoms with Gasteiger partial charge in [0.1, 0.15) is 0 Å². The third-order valence-corrected chi connectivity index (χ3v) is 0.801. The predicted molar refractivity (Wildman–Crippen MR) is 33.3 cm³/mol. The van der Waals surface area contributed by atoms with Crippen LogP contribution in [0.25, 0.3) is 0 Å². The van der Waals surface area contributed by atoms with Crippen molar-refractivity contribution in [2.45, 2.75) is 0 Å². The van der Waals surface area contributed by atoms with Gasteiger partial charge < -0.3 is 0 Å².